The second kappa shape index (κ2) is 7.57. The minimum atomic E-state index is 0.167. The average molecular weight is 256 g/mol. The molecule has 0 radical (unpaired) electrons. The molecule has 1 rings (SSSR count). The summed E-state index contributed by atoms with van der Waals surface area (Å²) in [7, 11) is 1.99. The maximum atomic E-state index is 6.10. The fraction of sp³-hybridized carbons (Fsp3) is 0.571. The van der Waals surface area contributed by atoms with E-state index in [-0.39, 0.29) is 6.10 Å². The molecule has 0 spiro atoms. The van der Waals surface area contributed by atoms with Crippen molar-refractivity contribution >= 4 is 11.6 Å². The maximum absolute atomic E-state index is 6.10. The summed E-state index contributed by atoms with van der Waals surface area (Å²) in [6, 6.07) is 8.02. The fourth-order valence-corrected chi connectivity index (χ4v) is 2.16. The van der Waals surface area contributed by atoms with E-state index in [2.05, 4.69) is 19.2 Å². The van der Waals surface area contributed by atoms with Gasteiger partial charge in [0, 0.05) is 6.04 Å². The Kier molecular flexibility index (Phi) is 6.38. The molecule has 2 unspecified atom stereocenters. The molecule has 3 heteroatoms. The lowest BCUT2D eigenvalue weighted by molar-refractivity contribution is 0.147. The Morgan fingerprint density at radius 2 is 2.00 bits per heavy atom. The van der Waals surface area contributed by atoms with Gasteiger partial charge in [-0.15, -0.1) is 0 Å². The lowest BCUT2D eigenvalue weighted by atomic mass is 10.0. The Morgan fingerprint density at radius 1 is 1.29 bits per heavy atom. The predicted octanol–water partition coefficient (Wildman–Crippen LogP) is 3.89. The average Bonchev–Trinajstić information content (AvgIpc) is 2.35. The topological polar surface area (TPSA) is 21.3 Å². The van der Waals surface area contributed by atoms with Gasteiger partial charge < -0.3 is 10.1 Å². The Hall–Kier alpha value is -0.730. The number of halogens is 1. The van der Waals surface area contributed by atoms with E-state index in [1.54, 1.807) is 0 Å². The standard InChI is InChI=1S/C14H22ClNO/c1-4-8-12(16-3)13(5-2)17-14-10-7-6-9-11(14)15/h6-7,9-10,12-13,16H,4-5,8H2,1-3H3. The van der Waals surface area contributed by atoms with Crippen LogP contribution in [-0.2, 0) is 0 Å². The van der Waals surface area contributed by atoms with E-state index in [1.165, 1.54) is 0 Å². The molecule has 0 amide bonds. The van der Waals surface area contributed by atoms with Crippen LogP contribution in [0.1, 0.15) is 33.1 Å². The normalized spacial score (nSPS) is 14.4. The molecule has 1 aromatic rings. The molecule has 96 valence electrons. The van der Waals surface area contributed by atoms with Crippen LogP contribution in [0.25, 0.3) is 0 Å². The first kappa shape index (κ1) is 14.3. The summed E-state index contributed by atoms with van der Waals surface area (Å²) in [6.45, 7) is 4.33. The van der Waals surface area contributed by atoms with Crippen LogP contribution >= 0.6 is 11.6 Å². The van der Waals surface area contributed by atoms with Gasteiger partial charge in [-0.05, 0) is 32.0 Å². The molecule has 0 aliphatic carbocycles. The van der Waals surface area contributed by atoms with Crippen molar-refractivity contribution in [2.45, 2.75) is 45.3 Å². The van der Waals surface area contributed by atoms with Gasteiger partial charge in [0.05, 0.1) is 5.02 Å². The van der Waals surface area contributed by atoms with Gasteiger partial charge in [0.2, 0.25) is 0 Å². The Labute approximate surface area is 109 Å². The number of hydrogen-bond donors (Lipinski definition) is 1. The van der Waals surface area contributed by atoms with Crippen molar-refractivity contribution in [2.75, 3.05) is 7.05 Å². The van der Waals surface area contributed by atoms with Gasteiger partial charge in [0.15, 0.2) is 0 Å². The smallest absolute Gasteiger partial charge is 0.138 e. The minimum Gasteiger partial charge on any atom is -0.487 e. The first-order valence-corrected chi connectivity index (χ1v) is 6.69. The number of para-hydroxylation sites is 1. The van der Waals surface area contributed by atoms with E-state index in [0.717, 1.165) is 25.0 Å². The van der Waals surface area contributed by atoms with E-state index in [1.807, 2.05) is 31.3 Å². The SMILES string of the molecule is CCCC(NC)C(CC)Oc1ccccc1Cl. The molecular formula is C14H22ClNO. The van der Waals surface area contributed by atoms with Gasteiger partial charge in [0.25, 0.3) is 0 Å². The molecule has 0 saturated heterocycles. The van der Waals surface area contributed by atoms with Crippen LogP contribution in [0.3, 0.4) is 0 Å². The molecule has 0 saturated carbocycles. The van der Waals surface area contributed by atoms with Crippen molar-refractivity contribution < 1.29 is 4.74 Å². The quantitative estimate of drug-likeness (QED) is 0.798. The molecule has 0 aromatic heterocycles. The van der Waals surface area contributed by atoms with Crippen molar-refractivity contribution in [3.63, 3.8) is 0 Å². The molecule has 0 fully saturated rings. The Morgan fingerprint density at radius 3 is 2.53 bits per heavy atom. The van der Waals surface area contributed by atoms with Crippen LogP contribution in [0.2, 0.25) is 5.02 Å². The number of likely N-dealkylation sites (N-methyl/N-ethyl adjacent to an activating group) is 1. The molecule has 17 heavy (non-hydrogen) atoms. The minimum absolute atomic E-state index is 0.167. The molecule has 1 aromatic carbocycles. The van der Waals surface area contributed by atoms with Crippen molar-refractivity contribution in [3.05, 3.63) is 29.3 Å². The first-order chi connectivity index (χ1) is 8.22. The highest BCUT2D eigenvalue weighted by Gasteiger charge is 2.19. The Bertz CT molecular complexity index is 330. The van der Waals surface area contributed by atoms with Gasteiger partial charge in [-0.3, -0.25) is 0 Å². The summed E-state index contributed by atoms with van der Waals surface area (Å²) < 4.78 is 6.01. The van der Waals surface area contributed by atoms with Gasteiger partial charge in [-0.25, -0.2) is 0 Å². The van der Waals surface area contributed by atoms with E-state index >= 15 is 0 Å². The summed E-state index contributed by atoms with van der Waals surface area (Å²) in [6.07, 6.45) is 3.39. The van der Waals surface area contributed by atoms with Crippen LogP contribution in [0.15, 0.2) is 24.3 Å². The van der Waals surface area contributed by atoms with Gasteiger partial charge in [-0.2, -0.15) is 0 Å². The van der Waals surface area contributed by atoms with E-state index in [4.69, 9.17) is 16.3 Å². The number of ether oxygens (including phenoxy) is 1. The third-order valence-corrected chi connectivity index (χ3v) is 3.25. The summed E-state index contributed by atoms with van der Waals surface area (Å²) in [5, 5.41) is 4.00. The van der Waals surface area contributed by atoms with Crippen molar-refractivity contribution in [1.29, 1.82) is 0 Å². The second-order valence-electron chi connectivity index (χ2n) is 4.18. The summed E-state index contributed by atoms with van der Waals surface area (Å²) >= 11 is 6.10. The monoisotopic (exact) mass is 255 g/mol. The number of benzene rings is 1. The highest BCUT2D eigenvalue weighted by atomic mass is 35.5. The maximum Gasteiger partial charge on any atom is 0.138 e. The van der Waals surface area contributed by atoms with Gasteiger partial charge in [0.1, 0.15) is 11.9 Å². The molecule has 2 nitrogen and oxygen atoms in total. The summed E-state index contributed by atoms with van der Waals surface area (Å²) in [5.41, 5.74) is 0. The third kappa shape index (κ3) is 4.21. The molecule has 0 aliphatic rings. The zero-order chi connectivity index (χ0) is 12.7. The zero-order valence-corrected chi connectivity index (χ0v) is 11.6. The second-order valence-corrected chi connectivity index (χ2v) is 4.59. The first-order valence-electron chi connectivity index (χ1n) is 6.31. The lowest BCUT2D eigenvalue weighted by Crippen LogP contribution is -2.40. The lowest BCUT2D eigenvalue weighted by Gasteiger charge is -2.27. The summed E-state index contributed by atoms with van der Waals surface area (Å²) in [5.74, 6) is 0.775. The largest absolute Gasteiger partial charge is 0.487 e. The van der Waals surface area contributed by atoms with Crippen LogP contribution < -0.4 is 10.1 Å². The molecule has 2 atom stereocenters. The summed E-state index contributed by atoms with van der Waals surface area (Å²) in [4.78, 5) is 0. The molecule has 1 N–H and O–H groups in total. The highest BCUT2D eigenvalue weighted by Crippen LogP contribution is 2.26. The fourth-order valence-electron chi connectivity index (χ4n) is 1.98. The van der Waals surface area contributed by atoms with Crippen LogP contribution in [0, 0.1) is 0 Å². The van der Waals surface area contributed by atoms with Crippen molar-refractivity contribution in [2.24, 2.45) is 0 Å². The molecule has 0 aliphatic heterocycles. The van der Waals surface area contributed by atoms with Gasteiger partial charge in [-0.1, -0.05) is 44.0 Å². The molecular weight excluding hydrogens is 234 g/mol. The highest BCUT2D eigenvalue weighted by molar-refractivity contribution is 6.32. The number of nitrogens with one attached hydrogen (secondary N) is 1. The van der Waals surface area contributed by atoms with Gasteiger partial charge >= 0.3 is 0 Å². The van der Waals surface area contributed by atoms with Crippen LogP contribution in [-0.4, -0.2) is 19.2 Å². The van der Waals surface area contributed by atoms with E-state index in [0.29, 0.717) is 11.1 Å². The molecule has 0 bridgehead atoms. The van der Waals surface area contributed by atoms with E-state index < -0.39 is 0 Å². The van der Waals surface area contributed by atoms with Crippen molar-refractivity contribution in [3.8, 4) is 5.75 Å². The zero-order valence-electron chi connectivity index (χ0n) is 10.9. The van der Waals surface area contributed by atoms with Crippen molar-refractivity contribution in [1.82, 2.24) is 5.32 Å². The third-order valence-electron chi connectivity index (χ3n) is 2.94. The molecule has 0 heterocycles. The predicted molar refractivity (Wildman–Crippen MR) is 73.9 cm³/mol. The van der Waals surface area contributed by atoms with Crippen LogP contribution in [0.4, 0.5) is 0 Å². The van der Waals surface area contributed by atoms with Crippen LogP contribution in [0.5, 0.6) is 5.75 Å². The Balaban J connectivity index is 2.72. The number of hydrogen-bond acceptors (Lipinski definition) is 2. The number of rotatable bonds is 7. The van der Waals surface area contributed by atoms with E-state index in [9.17, 15) is 0 Å².